The van der Waals surface area contributed by atoms with Crippen LogP contribution in [-0.4, -0.2) is 89.0 Å². The van der Waals surface area contributed by atoms with Crippen LogP contribution in [0.5, 0.6) is 0 Å². The minimum atomic E-state index is -1.59. The molecule has 1 aliphatic heterocycles. The van der Waals surface area contributed by atoms with Crippen LogP contribution in [0.4, 0.5) is 0 Å². The zero-order valence-electron chi connectivity index (χ0n) is 36.2. The van der Waals surface area contributed by atoms with Crippen LogP contribution in [-0.2, 0) is 28.5 Å². The Hall–Kier alpha value is -1.30. The molecule has 1 rings (SSSR count). The fraction of sp³-hybridized carbons (Fsp3) is 0.957. The highest BCUT2D eigenvalue weighted by molar-refractivity contribution is 5.70. The molecule has 0 saturated carbocycles. The largest absolute Gasteiger partial charge is 0.462 e. The number of rotatable bonds is 40. The summed E-state index contributed by atoms with van der Waals surface area (Å²) in [5.41, 5.74) is 0. The molecule has 332 valence electrons. The van der Waals surface area contributed by atoms with E-state index in [0.29, 0.717) is 6.42 Å². The first-order chi connectivity index (χ1) is 27.3. The Labute approximate surface area is 342 Å². The summed E-state index contributed by atoms with van der Waals surface area (Å²) >= 11 is 0. The molecule has 0 amide bonds. The number of aliphatic hydroxyl groups is 4. The first kappa shape index (κ1) is 52.7. The Kier molecular flexibility index (Phi) is 35.7. The molecule has 0 bridgehead atoms. The van der Waals surface area contributed by atoms with Gasteiger partial charge in [0.25, 0.3) is 0 Å². The smallest absolute Gasteiger partial charge is 0.306 e. The molecule has 0 radical (unpaired) electrons. The van der Waals surface area contributed by atoms with Crippen molar-refractivity contribution in [2.24, 2.45) is 0 Å². The van der Waals surface area contributed by atoms with E-state index in [1.165, 1.54) is 154 Å². The molecule has 10 nitrogen and oxygen atoms in total. The second-order valence-corrected chi connectivity index (χ2v) is 16.6. The lowest BCUT2D eigenvalue weighted by molar-refractivity contribution is -0.305. The summed E-state index contributed by atoms with van der Waals surface area (Å²) in [5.74, 6) is -0.792. The molecule has 0 aliphatic carbocycles. The number of carbonyl (C=O) groups is 2. The van der Waals surface area contributed by atoms with E-state index in [4.69, 9.17) is 18.9 Å². The van der Waals surface area contributed by atoms with Gasteiger partial charge in [0.2, 0.25) is 0 Å². The summed E-state index contributed by atoms with van der Waals surface area (Å²) in [7, 11) is 0. The number of hydrogen-bond donors (Lipinski definition) is 4. The molecule has 56 heavy (non-hydrogen) atoms. The van der Waals surface area contributed by atoms with E-state index in [9.17, 15) is 30.0 Å². The van der Waals surface area contributed by atoms with Crippen molar-refractivity contribution in [1.29, 1.82) is 0 Å². The van der Waals surface area contributed by atoms with Gasteiger partial charge in [0.1, 0.15) is 31.0 Å². The maximum atomic E-state index is 12.8. The summed E-state index contributed by atoms with van der Waals surface area (Å²) in [4.78, 5) is 25.3. The average molecular weight is 801 g/mol. The number of aliphatic hydroxyl groups excluding tert-OH is 4. The molecule has 0 aromatic heterocycles. The first-order valence-electron chi connectivity index (χ1n) is 23.6. The fourth-order valence-electron chi connectivity index (χ4n) is 7.48. The van der Waals surface area contributed by atoms with Crippen molar-refractivity contribution >= 4 is 11.9 Å². The second-order valence-electron chi connectivity index (χ2n) is 16.6. The number of ether oxygens (including phenoxy) is 4. The van der Waals surface area contributed by atoms with Gasteiger partial charge < -0.3 is 39.4 Å². The standard InChI is InChI=1S/C46H88O10/c1-3-5-7-9-11-13-15-16-17-18-19-20-21-22-23-25-27-29-31-33-35-42(49)55-39(38-54-46-45(52)44(51)43(50)40(36-47)56-46)37-53-41(48)34-32-30-28-26-24-14-12-10-8-6-4-2/h39-40,43-47,50-52H,3-38H2,1-2H3/t39-,40-,43+,44?,45?,46-/m1/s1. The predicted octanol–water partition coefficient (Wildman–Crippen LogP) is 10.2. The van der Waals surface area contributed by atoms with Crippen LogP contribution in [0, 0.1) is 0 Å². The molecule has 4 N–H and O–H groups in total. The Morgan fingerprint density at radius 1 is 0.482 bits per heavy atom. The van der Waals surface area contributed by atoms with Gasteiger partial charge in [-0.2, -0.15) is 0 Å². The molecule has 1 fully saturated rings. The summed E-state index contributed by atoms with van der Waals surface area (Å²) in [6, 6.07) is 0. The summed E-state index contributed by atoms with van der Waals surface area (Å²) in [6.07, 6.45) is 31.1. The zero-order chi connectivity index (χ0) is 40.9. The third kappa shape index (κ3) is 29.0. The Morgan fingerprint density at radius 3 is 1.21 bits per heavy atom. The number of hydrogen-bond acceptors (Lipinski definition) is 10. The van der Waals surface area contributed by atoms with E-state index < -0.39 is 49.4 Å². The van der Waals surface area contributed by atoms with Gasteiger partial charge in [-0.15, -0.1) is 0 Å². The van der Waals surface area contributed by atoms with E-state index in [1.807, 2.05) is 0 Å². The first-order valence-corrected chi connectivity index (χ1v) is 23.6. The van der Waals surface area contributed by atoms with E-state index in [2.05, 4.69) is 13.8 Å². The van der Waals surface area contributed by atoms with Gasteiger partial charge in [-0.05, 0) is 12.8 Å². The van der Waals surface area contributed by atoms with Crippen LogP contribution in [0.15, 0.2) is 0 Å². The normalized spacial score (nSPS) is 20.3. The molecular formula is C46H88O10. The number of carbonyl (C=O) groups excluding carboxylic acids is 2. The Balaban J connectivity index is 2.25. The van der Waals surface area contributed by atoms with E-state index in [-0.39, 0.29) is 32.0 Å². The van der Waals surface area contributed by atoms with E-state index in [1.54, 1.807) is 0 Å². The van der Waals surface area contributed by atoms with Crippen molar-refractivity contribution in [2.45, 2.75) is 263 Å². The van der Waals surface area contributed by atoms with Crippen LogP contribution in [0.1, 0.15) is 226 Å². The van der Waals surface area contributed by atoms with Crippen molar-refractivity contribution in [3.05, 3.63) is 0 Å². The maximum Gasteiger partial charge on any atom is 0.306 e. The van der Waals surface area contributed by atoms with Gasteiger partial charge in [-0.1, -0.05) is 200 Å². The van der Waals surface area contributed by atoms with Gasteiger partial charge in [-0.3, -0.25) is 9.59 Å². The average Bonchev–Trinajstić information content (AvgIpc) is 3.19. The molecule has 6 atom stereocenters. The molecule has 2 unspecified atom stereocenters. The number of unbranched alkanes of at least 4 members (excludes halogenated alkanes) is 29. The molecule has 1 heterocycles. The Morgan fingerprint density at radius 2 is 0.839 bits per heavy atom. The molecule has 10 heteroatoms. The maximum absolute atomic E-state index is 12.8. The monoisotopic (exact) mass is 801 g/mol. The van der Waals surface area contributed by atoms with Gasteiger partial charge in [0, 0.05) is 12.8 Å². The quantitative estimate of drug-likeness (QED) is 0.0348. The van der Waals surface area contributed by atoms with E-state index >= 15 is 0 Å². The second kappa shape index (κ2) is 37.9. The van der Waals surface area contributed by atoms with Crippen LogP contribution in [0.2, 0.25) is 0 Å². The highest BCUT2D eigenvalue weighted by Gasteiger charge is 2.44. The number of esters is 2. The lowest BCUT2D eigenvalue weighted by Crippen LogP contribution is -2.59. The minimum absolute atomic E-state index is 0.209. The summed E-state index contributed by atoms with van der Waals surface area (Å²) in [5, 5.41) is 40.1. The van der Waals surface area contributed by atoms with Gasteiger partial charge >= 0.3 is 11.9 Å². The van der Waals surface area contributed by atoms with Gasteiger partial charge in [0.15, 0.2) is 12.4 Å². The molecule has 1 saturated heterocycles. The topological polar surface area (TPSA) is 152 Å². The van der Waals surface area contributed by atoms with Crippen LogP contribution in [0.3, 0.4) is 0 Å². The highest BCUT2D eigenvalue weighted by Crippen LogP contribution is 2.23. The van der Waals surface area contributed by atoms with Crippen molar-refractivity contribution in [1.82, 2.24) is 0 Å². The summed E-state index contributed by atoms with van der Waals surface area (Å²) in [6.45, 7) is 3.45. The molecule has 0 aromatic rings. The molecule has 0 spiro atoms. The SMILES string of the molecule is CCCCCCCCCCCCCCCCCCCCCCC(=O)O[C@H](COC(=O)CCCCCCCCCCCCC)CO[C@@H]1O[C@H](CO)[C@H](O)C(O)C1O. The van der Waals surface area contributed by atoms with Crippen molar-refractivity contribution < 1.29 is 49.0 Å². The predicted molar refractivity (Wildman–Crippen MR) is 224 cm³/mol. The van der Waals surface area contributed by atoms with E-state index in [0.717, 1.165) is 38.5 Å². The van der Waals surface area contributed by atoms with Crippen molar-refractivity contribution in [3.63, 3.8) is 0 Å². The summed E-state index contributed by atoms with van der Waals surface area (Å²) < 4.78 is 22.2. The van der Waals surface area contributed by atoms with Gasteiger partial charge in [-0.25, -0.2) is 0 Å². The fourth-order valence-corrected chi connectivity index (χ4v) is 7.48. The highest BCUT2D eigenvalue weighted by atomic mass is 16.7. The van der Waals surface area contributed by atoms with Crippen LogP contribution >= 0.6 is 0 Å². The lowest BCUT2D eigenvalue weighted by Gasteiger charge is -2.39. The lowest BCUT2D eigenvalue weighted by atomic mass is 9.99. The van der Waals surface area contributed by atoms with Gasteiger partial charge in [0.05, 0.1) is 13.2 Å². The molecular weight excluding hydrogens is 712 g/mol. The molecule has 1 aliphatic rings. The van der Waals surface area contributed by atoms with Crippen LogP contribution in [0.25, 0.3) is 0 Å². The Bertz CT molecular complexity index is 886. The zero-order valence-corrected chi connectivity index (χ0v) is 36.2. The van der Waals surface area contributed by atoms with Crippen LogP contribution < -0.4 is 0 Å². The molecule has 0 aromatic carbocycles. The van der Waals surface area contributed by atoms with Crippen molar-refractivity contribution in [3.8, 4) is 0 Å². The van der Waals surface area contributed by atoms with Crippen molar-refractivity contribution in [2.75, 3.05) is 19.8 Å². The minimum Gasteiger partial charge on any atom is -0.462 e. The third-order valence-corrected chi connectivity index (χ3v) is 11.2. The third-order valence-electron chi connectivity index (χ3n) is 11.2.